The highest BCUT2D eigenvalue weighted by Gasteiger charge is 2.68. The lowest BCUT2D eigenvalue weighted by Crippen LogP contribution is -2.33. The van der Waals surface area contributed by atoms with Crippen LogP contribution in [0.15, 0.2) is 0 Å². The van der Waals surface area contributed by atoms with Crippen molar-refractivity contribution in [1.82, 2.24) is 0 Å². The number of carbonyl (C=O) groups excluding carboxylic acids is 6. The third kappa shape index (κ3) is 3.37. The van der Waals surface area contributed by atoms with Crippen molar-refractivity contribution in [2.75, 3.05) is 0 Å². The van der Waals surface area contributed by atoms with Gasteiger partial charge >= 0.3 is 0 Å². The number of ketones is 6. The Morgan fingerprint density at radius 1 is 0.432 bits per heavy atom. The van der Waals surface area contributed by atoms with Gasteiger partial charge in [0.05, 0.1) is 0 Å². The van der Waals surface area contributed by atoms with Crippen molar-refractivity contribution < 1.29 is 28.8 Å². The molecule has 0 saturated heterocycles. The molecule has 6 aliphatic rings. The van der Waals surface area contributed by atoms with Crippen molar-refractivity contribution in [3.05, 3.63) is 0 Å². The molecule has 7 heteroatoms. The van der Waals surface area contributed by atoms with E-state index in [0.717, 1.165) is 38.5 Å². The summed E-state index contributed by atoms with van der Waals surface area (Å²) in [5.41, 5.74) is -1.35. The van der Waals surface area contributed by atoms with Crippen LogP contribution in [0.4, 0.5) is 0 Å². The van der Waals surface area contributed by atoms with E-state index in [4.69, 9.17) is 0 Å². The van der Waals surface area contributed by atoms with Gasteiger partial charge in [-0.25, -0.2) is 0 Å². The lowest BCUT2D eigenvalue weighted by Gasteiger charge is -2.31. The van der Waals surface area contributed by atoms with Crippen LogP contribution in [0.2, 0.25) is 0 Å². The van der Waals surface area contributed by atoms with Gasteiger partial charge in [-0.1, -0.05) is 62.3 Å². The van der Waals surface area contributed by atoms with Gasteiger partial charge in [-0.3, -0.25) is 28.8 Å². The zero-order valence-corrected chi connectivity index (χ0v) is 24.9. The van der Waals surface area contributed by atoms with Crippen LogP contribution in [0.1, 0.15) is 101 Å². The van der Waals surface area contributed by atoms with Gasteiger partial charge in [0.15, 0.2) is 0 Å². The van der Waals surface area contributed by atoms with Crippen molar-refractivity contribution in [1.29, 1.82) is 0 Å². The summed E-state index contributed by atoms with van der Waals surface area (Å²) >= 11 is 0. The maximum absolute atomic E-state index is 11.6. The van der Waals surface area contributed by atoms with E-state index in [0.29, 0.717) is 0 Å². The lowest BCUT2D eigenvalue weighted by molar-refractivity contribution is -0.141. The van der Waals surface area contributed by atoms with Crippen LogP contribution in [0.25, 0.3) is 0 Å². The maximum atomic E-state index is 11.6. The Kier molecular flexibility index (Phi) is 6.82. The number of hydrogen-bond donors (Lipinski definition) is 0. The third-order valence-electron chi connectivity index (χ3n) is 12.8. The van der Waals surface area contributed by atoms with Gasteiger partial charge in [-0.15, -0.1) is 0 Å². The molecule has 0 heterocycles. The van der Waals surface area contributed by atoms with Crippen LogP contribution in [0.5, 0.6) is 0 Å². The maximum Gasteiger partial charge on any atom is 0.205 e. The van der Waals surface area contributed by atoms with E-state index in [1.165, 1.54) is 0 Å². The Bertz CT molecular complexity index is 977. The fourth-order valence-electron chi connectivity index (χ4n) is 8.39. The van der Waals surface area contributed by atoms with E-state index in [1.807, 2.05) is 62.3 Å². The molecule has 0 N–H and O–H groups in total. The smallest absolute Gasteiger partial charge is 0.205 e. The normalized spacial score (nSPS) is 42.9. The Hall–Kier alpha value is -1.63. The Morgan fingerprint density at radius 2 is 0.622 bits per heavy atom. The molecular weight excluding hydrogens is 488 g/mol. The number of Topliss-reactive ketones (excluding diaryl/α,β-unsaturated/α-hetero) is 6. The van der Waals surface area contributed by atoms with E-state index >= 15 is 0 Å². The molecule has 0 aromatic carbocycles. The molecular formula is C30H44O6S. The van der Waals surface area contributed by atoms with Crippen molar-refractivity contribution in [3.8, 4) is 0 Å². The summed E-state index contributed by atoms with van der Waals surface area (Å²) in [4.78, 5) is 69.0. The Labute approximate surface area is 227 Å². The SMILES string of the molecule is CC12CCC(C(=O)C1=O)C2(C)C.CC12CCC(C(=O)C1=O)C2(C)C.CC12CCC(C(=O)C1=O)C2(C)C.S. The van der Waals surface area contributed by atoms with Crippen LogP contribution >= 0.6 is 13.5 Å². The fraction of sp³-hybridized carbons (Fsp3) is 0.800. The van der Waals surface area contributed by atoms with E-state index in [9.17, 15) is 28.8 Å². The number of hydrogen-bond acceptors (Lipinski definition) is 6. The van der Waals surface area contributed by atoms with Crippen molar-refractivity contribution in [2.45, 2.75) is 101 Å². The highest BCUT2D eigenvalue weighted by atomic mass is 32.1. The van der Waals surface area contributed by atoms with Crippen molar-refractivity contribution in [2.24, 2.45) is 50.2 Å². The Balaban J connectivity index is 0.000000152. The van der Waals surface area contributed by atoms with Crippen LogP contribution in [0, 0.1) is 50.2 Å². The Morgan fingerprint density at radius 3 is 0.703 bits per heavy atom. The van der Waals surface area contributed by atoms with Gasteiger partial charge in [0.1, 0.15) is 0 Å². The number of fused-ring (bicyclic) bond motifs is 6. The summed E-state index contributed by atoms with van der Waals surface area (Å²) in [5, 5.41) is 0. The second-order valence-corrected chi connectivity index (χ2v) is 14.5. The summed E-state index contributed by atoms with van der Waals surface area (Å²) in [6.07, 6.45) is 5.43. The topological polar surface area (TPSA) is 102 Å². The predicted octanol–water partition coefficient (Wildman–Crippen LogP) is 4.85. The first kappa shape index (κ1) is 29.9. The molecule has 0 amide bonds. The minimum absolute atomic E-state index is 0. The standard InChI is InChI=1S/3C10H14O2.H2S/c3*1-9(2)6-4-5-10(9,3)8(12)7(6)11;/h3*6H,4-5H2,1-3H3;1H2. The zero-order chi connectivity index (χ0) is 27.4. The number of carbonyl (C=O) groups is 6. The van der Waals surface area contributed by atoms with Gasteiger partial charge in [0.25, 0.3) is 0 Å². The monoisotopic (exact) mass is 532 g/mol. The summed E-state index contributed by atoms with van der Waals surface area (Å²) in [7, 11) is 0. The predicted molar refractivity (Wildman–Crippen MR) is 144 cm³/mol. The fourth-order valence-corrected chi connectivity index (χ4v) is 8.39. The van der Waals surface area contributed by atoms with Crippen LogP contribution in [0.3, 0.4) is 0 Å². The molecule has 6 atom stereocenters. The van der Waals surface area contributed by atoms with Gasteiger partial charge in [0.2, 0.25) is 34.7 Å². The van der Waals surface area contributed by atoms with Crippen LogP contribution in [-0.4, -0.2) is 34.7 Å². The third-order valence-corrected chi connectivity index (χ3v) is 12.8. The van der Waals surface area contributed by atoms with Crippen LogP contribution < -0.4 is 0 Å². The lowest BCUT2D eigenvalue weighted by atomic mass is 9.70. The van der Waals surface area contributed by atoms with E-state index in [2.05, 4.69) is 0 Å². The highest BCUT2D eigenvalue weighted by molar-refractivity contribution is 7.59. The minimum atomic E-state index is -0.352. The molecule has 6 unspecified atom stereocenters. The van der Waals surface area contributed by atoms with Gasteiger partial charge < -0.3 is 0 Å². The van der Waals surface area contributed by atoms with E-state index in [1.54, 1.807) is 0 Å². The molecule has 6 bridgehead atoms. The first-order valence-corrected chi connectivity index (χ1v) is 13.5. The van der Waals surface area contributed by atoms with E-state index < -0.39 is 0 Å². The second-order valence-electron chi connectivity index (χ2n) is 14.5. The molecule has 206 valence electrons. The average Bonchev–Trinajstić information content (AvgIpc) is 3.38. The largest absolute Gasteiger partial charge is 0.291 e. The molecule has 0 aromatic rings. The second kappa shape index (κ2) is 8.43. The molecule has 6 nitrogen and oxygen atoms in total. The first-order chi connectivity index (χ1) is 16.2. The number of rotatable bonds is 0. The molecule has 0 radical (unpaired) electrons. The van der Waals surface area contributed by atoms with Gasteiger partial charge in [-0.05, 0) is 54.8 Å². The summed E-state index contributed by atoms with van der Waals surface area (Å²) < 4.78 is 0. The summed E-state index contributed by atoms with van der Waals surface area (Å²) in [5.74, 6) is -0.687. The molecule has 6 saturated carbocycles. The summed E-state index contributed by atoms with van der Waals surface area (Å²) in [6.45, 7) is 18.1. The molecule has 6 fully saturated rings. The average molecular weight is 533 g/mol. The van der Waals surface area contributed by atoms with Gasteiger partial charge in [0, 0.05) is 34.0 Å². The molecule has 0 spiro atoms. The molecule has 0 aliphatic heterocycles. The molecule has 6 aliphatic carbocycles. The molecule has 6 rings (SSSR count). The first-order valence-electron chi connectivity index (χ1n) is 13.5. The van der Waals surface area contributed by atoms with Crippen molar-refractivity contribution >= 4 is 48.2 Å². The highest BCUT2D eigenvalue weighted by Crippen LogP contribution is 2.63. The quantitative estimate of drug-likeness (QED) is 0.413. The molecule has 37 heavy (non-hydrogen) atoms. The van der Waals surface area contributed by atoms with Crippen LogP contribution in [-0.2, 0) is 28.8 Å². The van der Waals surface area contributed by atoms with Crippen molar-refractivity contribution in [3.63, 3.8) is 0 Å². The zero-order valence-electron chi connectivity index (χ0n) is 23.9. The minimum Gasteiger partial charge on any atom is -0.291 e. The summed E-state index contributed by atoms with van der Waals surface area (Å²) in [6, 6.07) is 0. The van der Waals surface area contributed by atoms with E-state index in [-0.39, 0.29) is 98.4 Å². The van der Waals surface area contributed by atoms with Gasteiger partial charge in [-0.2, -0.15) is 13.5 Å². The molecule has 0 aromatic heterocycles.